The number of hydrogen-bond donors (Lipinski definition) is 0. The molecule has 0 unspecified atom stereocenters. The summed E-state index contributed by atoms with van der Waals surface area (Å²) in [5, 5.41) is 0. The highest BCUT2D eigenvalue weighted by atomic mass is 16.5. The molecule has 1 aliphatic carbocycles. The maximum atomic E-state index is 4.69. The fourth-order valence-corrected chi connectivity index (χ4v) is 1.26. The Hall–Kier alpha value is -0.0400. The first-order valence-corrected chi connectivity index (χ1v) is 9.15. The van der Waals surface area contributed by atoms with E-state index in [2.05, 4.69) is 48.5 Å². The van der Waals surface area contributed by atoms with E-state index in [1.54, 1.807) is 7.11 Å². The van der Waals surface area contributed by atoms with Gasteiger partial charge in [-0.2, -0.15) is 0 Å². The Morgan fingerprint density at radius 1 is 0.500 bits per heavy atom. The fraction of sp³-hybridized carbons (Fsp3) is 1.00. The van der Waals surface area contributed by atoms with Gasteiger partial charge in [-0.1, -0.05) is 136 Å². The molecule has 1 saturated carbocycles. The first-order chi connectivity index (χ1) is 9.66. The molecule has 0 saturated heterocycles. The summed E-state index contributed by atoms with van der Waals surface area (Å²) in [4.78, 5) is 0. The average molecular weight is 355 g/mol. The molecule has 0 heterocycles. The molecule has 0 amide bonds. The quantitative estimate of drug-likeness (QED) is 0.479. The van der Waals surface area contributed by atoms with Gasteiger partial charge in [0, 0.05) is 13.7 Å². The summed E-state index contributed by atoms with van der Waals surface area (Å²) in [5.41, 5.74) is 0. The van der Waals surface area contributed by atoms with Crippen LogP contribution in [0, 0.1) is 0 Å². The molecule has 1 nitrogen and oxygen atoms in total. The molecule has 0 aromatic heterocycles. The zero-order valence-corrected chi connectivity index (χ0v) is 16.2. The van der Waals surface area contributed by atoms with E-state index in [0.29, 0.717) is 0 Å². The van der Waals surface area contributed by atoms with Gasteiger partial charge in [0.1, 0.15) is 0 Å². The van der Waals surface area contributed by atoms with E-state index < -0.39 is 0 Å². The monoisotopic (exact) mass is 354 g/mol. The smallest absolute Gasteiger partial charge is 0.0459 e. The van der Waals surface area contributed by atoms with Crippen molar-refractivity contribution in [3.63, 3.8) is 0 Å². The van der Waals surface area contributed by atoms with Gasteiger partial charge in [0.2, 0.25) is 0 Å². The van der Waals surface area contributed by atoms with Gasteiger partial charge < -0.3 is 4.74 Å². The maximum Gasteiger partial charge on any atom is 0.0459 e. The molecular formula is C23H62O. The predicted octanol–water partition coefficient (Wildman–Crippen LogP) is 10.2. The Bertz CT molecular complexity index is 69.8. The van der Waals surface area contributed by atoms with Gasteiger partial charge in [0.05, 0.1) is 0 Å². The fourth-order valence-electron chi connectivity index (χ4n) is 1.26. The van der Waals surface area contributed by atoms with Crippen LogP contribution in [-0.2, 0) is 4.74 Å². The lowest BCUT2D eigenvalue weighted by molar-refractivity contribution is 0.199. The molecule has 1 fully saturated rings. The molecule has 0 radical (unpaired) electrons. The van der Waals surface area contributed by atoms with Gasteiger partial charge in [0.15, 0.2) is 0 Å². The molecule has 160 valence electrons. The topological polar surface area (TPSA) is 9.23 Å². The molecule has 0 aromatic carbocycles. The van der Waals surface area contributed by atoms with Crippen molar-refractivity contribution in [3.05, 3.63) is 0 Å². The molecule has 0 bridgehead atoms. The van der Waals surface area contributed by atoms with Crippen molar-refractivity contribution in [2.24, 2.45) is 0 Å². The Morgan fingerprint density at radius 3 is 0.708 bits per heavy atom. The van der Waals surface area contributed by atoms with Crippen molar-refractivity contribution < 1.29 is 4.74 Å². The molecular weight excluding hydrogens is 292 g/mol. The zero-order chi connectivity index (χ0) is 16.5. The SMILES string of the molecule is C.C.C.C.C1CCCCC1.CCC.CCC.CCC.CCCOC. The third-order valence-corrected chi connectivity index (χ3v) is 1.91. The summed E-state index contributed by atoms with van der Waals surface area (Å²) in [6, 6.07) is 0. The standard InChI is InChI=1S/C6H12.C4H10O.3C3H8.4CH4/c1-2-4-6-5-3-1;1-3-4-5-2;3*1-3-2;;;;/h1-6H2;3-4H2,1-2H3;3*3H2,1-2H3;4*1H4. The minimum Gasteiger partial charge on any atom is -0.385 e. The van der Waals surface area contributed by atoms with Gasteiger partial charge in [-0.15, -0.1) is 0 Å². The highest BCUT2D eigenvalue weighted by Crippen LogP contribution is 2.15. The third kappa shape index (κ3) is 152. The third-order valence-electron chi connectivity index (χ3n) is 1.91. The summed E-state index contributed by atoms with van der Waals surface area (Å²) >= 11 is 0. The predicted molar refractivity (Wildman–Crippen MR) is 125 cm³/mol. The van der Waals surface area contributed by atoms with Gasteiger partial charge in [0.25, 0.3) is 0 Å². The summed E-state index contributed by atoms with van der Waals surface area (Å²) < 4.78 is 4.69. The van der Waals surface area contributed by atoms with Crippen molar-refractivity contribution in [3.8, 4) is 0 Å². The van der Waals surface area contributed by atoms with Crippen LogP contribution in [0.4, 0.5) is 0 Å². The van der Waals surface area contributed by atoms with Crippen LogP contribution in [-0.4, -0.2) is 13.7 Å². The van der Waals surface area contributed by atoms with Crippen LogP contribution in [0.25, 0.3) is 0 Å². The Morgan fingerprint density at radius 2 is 0.667 bits per heavy atom. The lowest BCUT2D eigenvalue weighted by Crippen LogP contribution is -1.85. The van der Waals surface area contributed by atoms with E-state index in [1.807, 2.05) is 0 Å². The minimum absolute atomic E-state index is 0. The number of hydrogen-bond acceptors (Lipinski definition) is 1. The normalized spacial score (nSPS) is 10.0. The molecule has 0 spiro atoms. The molecule has 24 heavy (non-hydrogen) atoms. The van der Waals surface area contributed by atoms with E-state index >= 15 is 0 Å². The largest absolute Gasteiger partial charge is 0.385 e. The molecule has 0 aromatic rings. The van der Waals surface area contributed by atoms with E-state index in [0.717, 1.165) is 13.0 Å². The van der Waals surface area contributed by atoms with Crippen LogP contribution in [0.3, 0.4) is 0 Å². The van der Waals surface area contributed by atoms with Gasteiger partial charge in [-0.25, -0.2) is 0 Å². The Labute approximate surface area is 161 Å². The highest BCUT2D eigenvalue weighted by Gasteiger charge is 1.95. The van der Waals surface area contributed by atoms with Crippen molar-refractivity contribution in [2.45, 2.75) is 142 Å². The summed E-state index contributed by atoms with van der Waals surface area (Å²) in [6.07, 6.45) is 13.9. The second-order valence-electron chi connectivity index (χ2n) is 5.24. The van der Waals surface area contributed by atoms with Crippen molar-refractivity contribution >= 4 is 0 Å². The second-order valence-corrected chi connectivity index (χ2v) is 5.24. The lowest BCUT2D eigenvalue weighted by atomic mass is 10.0. The van der Waals surface area contributed by atoms with Crippen molar-refractivity contribution in [2.75, 3.05) is 13.7 Å². The van der Waals surface area contributed by atoms with Crippen molar-refractivity contribution in [1.82, 2.24) is 0 Å². The Balaban J connectivity index is -0.0000000221. The van der Waals surface area contributed by atoms with Crippen LogP contribution < -0.4 is 0 Å². The molecule has 0 aliphatic heterocycles. The van der Waals surface area contributed by atoms with Gasteiger partial charge >= 0.3 is 0 Å². The second kappa shape index (κ2) is 77.4. The summed E-state index contributed by atoms with van der Waals surface area (Å²) in [6.45, 7) is 15.7. The number of methoxy groups -OCH3 is 1. The lowest BCUT2D eigenvalue weighted by Gasteiger charge is -2.05. The van der Waals surface area contributed by atoms with E-state index in [-0.39, 0.29) is 29.7 Å². The number of ether oxygens (including phenoxy) is 1. The maximum absolute atomic E-state index is 4.69. The summed E-state index contributed by atoms with van der Waals surface area (Å²) in [7, 11) is 1.71. The number of rotatable bonds is 2. The van der Waals surface area contributed by atoms with E-state index in [4.69, 9.17) is 4.74 Å². The molecule has 1 aliphatic rings. The van der Waals surface area contributed by atoms with Crippen LogP contribution >= 0.6 is 0 Å². The zero-order valence-electron chi connectivity index (χ0n) is 16.2. The van der Waals surface area contributed by atoms with E-state index in [1.165, 1.54) is 57.8 Å². The minimum atomic E-state index is 0. The first kappa shape index (κ1) is 49.6. The van der Waals surface area contributed by atoms with Crippen LogP contribution in [0.5, 0.6) is 0 Å². The highest BCUT2D eigenvalue weighted by molar-refractivity contribution is 4.51. The first-order valence-electron chi connectivity index (χ1n) is 9.15. The van der Waals surface area contributed by atoms with Crippen LogP contribution in [0.1, 0.15) is 142 Å². The van der Waals surface area contributed by atoms with Crippen molar-refractivity contribution in [1.29, 1.82) is 0 Å². The molecule has 1 rings (SSSR count). The van der Waals surface area contributed by atoms with Gasteiger partial charge in [-0.3, -0.25) is 0 Å². The average Bonchev–Trinajstić information content (AvgIpc) is 2.45. The van der Waals surface area contributed by atoms with E-state index in [9.17, 15) is 0 Å². The molecule has 0 N–H and O–H groups in total. The van der Waals surface area contributed by atoms with Crippen LogP contribution in [0.2, 0.25) is 0 Å². The summed E-state index contributed by atoms with van der Waals surface area (Å²) in [5.74, 6) is 0. The molecule has 0 atom stereocenters. The van der Waals surface area contributed by atoms with Crippen LogP contribution in [0.15, 0.2) is 0 Å². The Kier molecular flexibility index (Phi) is 160. The molecule has 1 heteroatoms. The van der Waals surface area contributed by atoms with Gasteiger partial charge in [-0.05, 0) is 6.42 Å².